The number of carbonyl (C=O) groups is 2. The average molecular weight is 554 g/mol. The average Bonchev–Trinajstić information content (AvgIpc) is 3.32. The highest BCUT2D eigenvalue weighted by Crippen LogP contribution is 2.31. The zero-order chi connectivity index (χ0) is 28.1. The molecule has 0 aliphatic heterocycles. The fraction of sp³-hybridized carbons (Fsp3) is 0.152. The summed E-state index contributed by atoms with van der Waals surface area (Å²) in [6, 6.07) is 29.7. The van der Waals surface area contributed by atoms with Crippen molar-refractivity contribution in [1.82, 2.24) is 5.32 Å². The number of aryl methyl sites for hydroxylation is 1. The zero-order valence-electron chi connectivity index (χ0n) is 22.1. The number of methoxy groups -OCH3 is 1. The minimum Gasteiger partial charge on any atom is -0.489 e. The van der Waals surface area contributed by atoms with E-state index >= 15 is 0 Å². The van der Waals surface area contributed by atoms with Gasteiger partial charge in [0.15, 0.2) is 5.76 Å². The van der Waals surface area contributed by atoms with Gasteiger partial charge < -0.3 is 19.2 Å². The van der Waals surface area contributed by atoms with Crippen LogP contribution < -0.4 is 10.1 Å². The van der Waals surface area contributed by atoms with Crippen LogP contribution in [0.15, 0.2) is 101 Å². The second kappa shape index (κ2) is 12.1. The molecular weight excluding hydrogens is 526 g/mol. The summed E-state index contributed by atoms with van der Waals surface area (Å²) in [6.07, 6.45) is 0.247. The monoisotopic (exact) mass is 553 g/mol. The molecule has 5 aromatic rings. The summed E-state index contributed by atoms with van der Waals surface area (Å²) in [4.78, 5) is 25.9. The van der Waals surface area contributed by atoms with Crippen molar-refractivity contribution in [2.75, 3.05) is 7.11 Å². The van der Waals surface area contributed by atoms with Gasteiger partial charge in [-0.15, -0.1) is 0 Å². The molecule has 0 fully saturated rings. The van der Waals surface area contributed by atoms with E-state index in [9.17, 15) is 9.59 Å². The molecule has 0 aliphatic rings. The Labute approximate surface area is 237 Å². The normalized spacial score (nSPS) is 11.7. The third kappa shape index (κ3) is 6.19. The first-order chi connectivity index (χ1) is 19.4. The number of fused-ring (bicyclic) bond motifs is 1. The Morgan fingerprint density at radius 2 is 1.57 bits per heavy atom. The van der Waals surface area contributed by atoms with E-state index in [1.54, 1.807) is 0 Å². The van der Waals surface area contributed by atoms with Crippen LogP contribution in [0.5, 0.6) is 5.75 Å². The first-order valence-corrected chi connectivity index (χ1v) is 13.2. The Bertz CT molecular complexity index is 1630. The number of carbonyl (C=O) groups excluding carboxylic acids is 2. The molecule has 0 unspecified atom stereocenters. The van der Waals surface area contributed by atoms with Crippen molar-refractivity contribution in [1.29, 1.82) is 0 Å². The highest BCUT2D eigenvalue weighted by molar-refractivity contribution is 6.30. The summed E-state index contributed by atoms with van der Waals surface area (Å²) in [7, 11) is 1.30. The van der Waals surface area contributed by atoms with Gasteiger partial charge in [-0.2, -0.15) is 0 Å². The molecule has 4 aromatic carbocycles. The molecule has 0 aliphatic carbocycles. The van der Waals surface area contributed by atoms with Gasteiger partial charge in [0, 0.05) is 22.4 Å². The Kier molecular flexibility index (Phi) is 8.18. The number of nitrogens with one attached hydrogen (secondary N) is 1. The maximum atomic E-state index is 13.3. The van der Waals surface area contributed by atoms with Crippen LogP contribution in [0.4, 0.5) is 0 Å². The lowest BCUT2D eigenvalue weighted by molar-refractivity contribution is -0.142. The highest BCUT2D eigenvalue weighted by Gasteiger charge is 2.26. The molecule has 1 N–H and O–H groups in total. The third-order valence-electron chi connectivity index (χ3n) is 6.72. The first-order valence-electron chi connectivity index (χ1n) is 12.8. The van der Waals surface area contributed by atoms with Crippen molar-refractivity contribution in [3.05, 3.63) is 125 Å². The van der Waals surface area contributed by atoms with Crippen LogP contribution in [0.25, 0.3) is 22.1 Å². The summed E-state index contributed by atoms with van der Waals surface area (Å²) >= 11 is 6.03. The van der Waals surface area contributed by atoms with E-state index in [4.69, 9.17) is 25.5 Å². The topological polar surface area (TPSA) is 77.8 Å². The van der Waals surface area contributed by atoms with E-state index in [0.29, 0.717) is 28.5 Å². The second-order valence-corrected chi connectivity index (χ2v) is 9.88. The van der Waals surface area contributed by atoms with Gasteiger partial charge in [-0.1, -0.05) is 72.3 Å². The standard InChI is InChI=1S/C33H28ClNO5/c1-21-28-19-25(24-10-13-26(34)14-11-24)12-17-30(28)40-31(21)32(36)35-29(33(37)38-2)18-22-8-15-27(16-9-22)39-20-23-6-4-3-5-7-23/h3-17,19,29H,18,20H2,1-2H3,(H,35,36)/t29-/m0/s1. The lowest BCUT2D eigenvalue weighted by Crippen LogP contribution is -2.43. The number of esters is 1. The van der Waals surface area contributed by atoms with Gasteiger partial charge in [-0.3, -0.25) is 4.79 Å². The van der Waals surface area contributed by atoms with Crippen molar-refractivity contribution in [3.8, 4) is 16.9 Å². The predicted octanol–water partition coefficient (Wildman–Crippen LogP) is 7.15. The molecule has 5 rings (SSSR count). The van der Waals surface area contributed by atoms with Gasteiger partial charge >= 0.3 is 5.97 Å². The van der Waals surface area contributed by atoms with Crippen molar-refractivity contribution in [3.63, 3.8) is 0 Å². The minimum atomic E-state index is -0.897. The van der Waals surface area contributed by atoms with Crippen LogP contribution in [-0.4, -0.2) is 25.0 Å². The van der Waals surface area contributed by atoms with Crippen LogP contribution in [0.1, 0.15) is 27.2 Å². The largest absolute Gasteiger partial charge is 0.489 e. The molecule has 40 heavy (non-hydrogen) atoms. The molecule has 1 amide bonds. The van der Waals surface area contributed by atoms with Crippen LogP contribution in [0, 0.1) is 6.92 Å². The van der Waals surface area contributed by atoms with Crippen LogP contribution in [0.2, 0.25) is 5.02 Å². The van der Waals surface area contributed by atoms with Crippen molar-refractivity contribution in [2.45, 2.75) is 26.0 Å². The summed E-state index contributed by atoms with van der Waals surface area (Å²) in [5.41, 5.74) is 5.16. The molecule has 1 heterocycles. The van der Waals surface area contributed by atoms with Crippen LogP contribution in [0.3, 0.4) is 0 Å². The Hall–Kier alpha value is -4.55. The van der Waals surface area contributed by atoms with Gasteiger partial charge in [0.05, 0.1) is 7.11 Å². The van der Waals surface area contributed by atoms with E-state index in [2.05, 4.69) is 5.32 Å². The molecule has 0 radical (unpaired) electrons. The van der Waals surface area contributed by atoms with E-state index < -0.39 is 17.9 Å². The van der Waals surface area contributed by atoms with E-state index in [-0.39, 0.29) is 12.2 Å². The van der Waals surface area contributed by atoms with Gasteiger partial charge in [-0.25, -0.2) is 4.79 Å². The number of furan rings is 1. The lowest BCUT2D eigenvalue weighted by atomic mass is 10.0. The van der Waals surface area contributed by atoms with Crippen molar-refractivity contribution >= 4 is 34.4 Å². The molecule has 1 atom stereocenters. The van der Waals surface area contributed by atoms with Gasteiger partial charge in [-0.05, 0) is 65.6 Å². The van der Waals surface area contributed by atoms with Crippen molar-refractivity contribution < 1.29 is 23.5 Å². The predicted molar refractivity (Wildman–Crippen MR) is 156 cm³/mol. The second-order valence-electron chi connectivity index (χ2n) is 9.45. The van der Waals surface area contributed by atoms with E-state index in [0.717, 1.165) is 27.6 Å². The molecule has 0 saturated carbocycles. The van der Waals surface area contributed by atoms with Gasteiger partial charge in [0.1, 0.15) is 24.0 Å². The summed E-state index contributed by atoms with van der Waals surface area (Å²) < 4.78 is 16.7. The van der Waals surface area contributed by atoms with Gasteiger partial charge in [0.25, 0.3) is 5.91 Å². The minimum absolute atomic E-state index is 0.154. The third-order valence-corrected chi connectivity index (χ3v) is 6.97. The SMILES string of the molecule is COC(=O)[C@H](Cc1ccc(OCc2ccccc2)cc1)NC(=O)c1oc2ccc(-c3ccc(Cl)cc3)cc2c1C. The smallest absolute Gasteiger partial charge is 0.328 e. The highest BCUT2D eigenvalue weighted by atomic mass is 35.5. The lowest BCUT2D eigenvalue weighted by Gasteiger charge is -2.16. The molecule has 6 nitrogen and oxygen atoms in total. The number of ether oxygens (including phenoxy) is 2. The summed E-state index contributed by atoms with van der Waals surface area (Å²) in [6.45, 7) is 2.28. The summed E-state index contributed by atoms with van der Waals surface area (Å²) in [5.74, 6) is -0.166. The van der Waals surface area contributed by atoms with E-state index in [1.807, 2.05) is 104 Å². The fourth-order valence-electron chi connectivity index (χ4n) is 4.52. The fourth-order valence-corrected chi connectivity index (χ4v) is 4.64. The molecule has 7 heteroatoms. The number of rotatable bonds is 9. The number of hydrogen-bond acceptors (Lipinski definition) is 5. The molecule has 0 spiro atoms. The maximum Gasteiger partial charge on any atom is 0.328 e. The van der Waals surface area contributed by atoms with E-state index in [1.165, 1.54) is 7.11 Å². The maximum absolute atomic E-state index is 13.3. The number of halogens is 1. The molecule has 1 aromatic heterocycles. The Morgan fingerprint density at radius 3 is 2.27 bits per heavy atom. The zero-order valence-corrected chi connectivity index (χ0v) is 22.9. The number of amides is 1. The molecule has 0 saturated heterocycles. The summed E-state index contributed by atoms with van der Waals surface area (Å²) in [5, 5.41) is 4.28. The van der Waals surface area contributed by atoms with Crippen molar-refractivity contribution in [2.24, 2.45) is 0 Å². The first kappa shape index (κ1) is 27.0. The molecular formula is C33H28ClNO5. The quantitative estimate of drug-likeness (QED) is 0.196. The molecule has 0 bridgehead atoms. The van der Waals surface area contributed by atoms with Crippen LogP contribution >= 0.6 is 11.6 Å². The van der Waals surface area contributed by atoms with Crippen LogP contribution in [-0.2, 0) is 22.6 Å². The Morgan fingerprint density at radius 1 is 0.875 bits per heavy atom. The Balaban J connectivity index is 1.29. The number of hydrogen-bond donors (Lipinski definition) is 1. The number of benzene rings is 4. The van der Waals surface area contributed by atoms with Gasteiger partial charge in [0.2, 0.25) is 0 Å². The molecule has 202 valence electrons.